The highest BCUT2D eigenvalue weighted by Gasteiger charge is 2.30. The number of benzene rings is 1. The Labute approximate surface area is 131 Å². The maximum atomic E-state index is 11.2. The Bertz CT molecular complexity index is 416. The van der Waals surface area contributed by atoms with Crippen LogP contribution >= 0.6 is 0 Å². The third-order valence-electron chi connectivity index (χ3n) is 3.24. The van der Waals surface area contributed by atoms with Crippen molar-refractivity contribution in [2.75, 3.05) is 39.6 Å². The molecule has 122 valence electrons. The molecule has 1 saturated carbocycles. The van der Waals surface area contributed by atoms with Crippen molar-refractivity contribution in [1.29, 1.82) is 0 Å². The summed E-state index contributed by atoms with van der Waals surface area (Å²) < 4.78 is 21.2. The van der Waals surface area contributed by atoms with E-state index in [0.717, 1.165) is 18.4 Å². The molecule has 22 heavy (non-hydrogen) atoms. The first-order chi connectivity index (χ1) is 10.9. The third-order valence-corrected chi connectivity index (χ3v) is 3.24. The summed E-state index contributed by atoms with van der Waals surface area (Å²) in [6.45, 7) is 3.49. The second-order valence-corrected chi connectivity index (χ2v) is 5.20. The molecule has 5 nitrogen and oxygen atoms in total. The van der Waals surface area contributed by atoms with Crippen LogP contribution in [-0.2, 0) is 30.3 Å². The van der Waals surface area contributed by atoms with Crippen LogP contribution in [0.3, 0.4) is 0 Å². The molecule has 5 heteroatoms. The Kier molecular flexibility index (Phi) is 7.94. The molecule has 0 aliphatic heterocycles. The minimum atomic E-state index is -0.0876. The van der Waals surface area contributed by atoms with E-state index in [1.54, 1.807) is 0 Å². The van der Waals surface area contributed by atoms with Crippen LogP contribution < -0.4 is 0 Å². The van der Waals surface area contributed by atoms with Crippen molar-refractivity contribution < 1.29 is 23.7 Å². The normalized spacial score (nSPS) is 14.0. The number of carbonyl (C=O) groups is 1. The van der Waals surface area contributed by atoms with Gasteiger partial charge >= 0.3 is 5.97 Å². The van der Waals surface area contributed by atoms with Crippen LogP contribution in [0.5, 0.6) is 0 Å². The lowest BCUT2D eigenvalue weighted by Crippen LogP contribution is -2.14. The maximum Gasteiger partial charge on any atom is 0.309 e. The molecule has 1 aromatic carbocycles. The summed E-state index contributed by atoms with van der Waals surface area (Å²) >= 11 is 0. The lowest BCUT2D eigenvalue weighted by molar-refractivity contribution is -0.146. The first-order valence-electron chi connectivity index (χ1n) is 7.80. The minimum absolute atomic E-state index is 0.0876. The van der Waals surface area contributed by atoms with Gasteiger partial charge in [-0.15, -0.1) is 0 Å². The Morgan fingerprint density at radius 3 is 2.09 bits per heavy atom. The molecular weight excluding hydrogens is 284 g/mol. The van der Waals surface area contributed by atoms with Gasteiger partial charge in [-0.1, -0.05) is 30.3 Å². The van der Waals surface area contributed by atoms with Crippen molar-refractivity contribution in [2.45, 2.75) is 19.4 Å². The average Bonchev–Trinajstić information content (AvgIpc) is 3.38. The van der Waals surface area contributed by atoms with Gasteiger partial charge in [0.15, 0.2) is 0 Å². The topological polar surface area (TPSA) is 54.0 Å². The molecule has 0 heterocycles. The highest BCUT2D eigenvalue weighted by molar-refractivity contribution is 5.74. The summed E-state index contributed by atoms with van der Waals surface area (Å²) in [5.41, 5.74) is 1.16. The van der Waals surface area contributed by atoms with Crippen molar-refractivity contribution in [1.82, 2.24) is 0 Å². The monoisotopic (exact) mass is 308 g/mol. The van der Waals surface area contributed by atoms with E-state index in [2.05, 4.69) is 0 Å². The van der Waals surface area contributed by atoms with Crippen LogP contribution in [0.4, 0.5) is 0 Å². The molecule has 0 bridgehead atoms. The van der Waals surface area contributed by atoms with Crippen LogP contribution in [0.1, 0.15) is 18.4 Å². The van der Waals surface area contributed by atoms with E-state index in [9.17, 15) is 4.79 Å². The zero-order valence-electron chi connectivity index (χ0n) is 12.9. The van der Waals surface area contributed by atoms with E-state index < -0.39 is 0 Å². The molecule has 0 N–H and O–H groups in total. The van der Waals surface area contributed by atoms with Gasteiger partial charge in [-0.05, 0) is 18.4 Å². The van der Waals surface area contributed by atoms with E-state index >= 15 is 0 Å². The highest BCUT2D eigenvalue weighted by Crippen LogP contribution is 2.29. The fourth-order valence-electron chi connectivity index (χ4n) is 1.84. The molecule has 1 aromatic rings. The first-order valence-corrected chi connectivity index (χ1v) is 7.80. The maximum absolute atomic E-state index is 11.2. The van der Waals surface area contributed by atoms with Crippen molar-refractivity contribution in [3.05, 3.63) is 35.9 Å². The Balaban J connectivity index is 1.30. The quantitative estimate of drug-likeness (QED) is 0.438. The first kappa shape index (κ1) is 16.9. The summed E-state index contributed by atoms with van der Waals surface area (Å²) in [7, 11) is 0. The van der Waals surface area contributed by atoms with Crippen LogP contribution in [-0.4, -0.2) is 45.6 Å². The lowest BCUT2D eigenvalue weighted by Gasteiger charge is -2.07. The average molecular weight is 308 g/mol. The number of ether oxygens (including phenoxy) is 4. The minimum Gasteiger partial charge on any atom is -0.463 e. The fraction of sp³-hybridized carbons (Fsp3) is 0.588. The number of rotatable bonds is 12. The van der Waals surface area contributed by atoms with Crippen LogP contribution in [0, 0.1) is 5.92 Å². The van der Waals surface area contributed by atoms with Gasteiger partial charge in [0, 0.05) is 0 Å². The van der Waals surface area contributed by atoms with Gasteiger partial charge < -0.3 is 18.9 Å². The Morgan fingerprint density at radius 2 is 1.45 bits per heavy atom. The zero-order valence-corrected chi connectivity index (χ0v) is 12.9. The molecule has 0 radical (unpaired) electrons. The van der Waals surface area contributed by atoms with Crippen LogP contribution in [0.15, 0.2) is 30.3 Å². The summed E-state index contributed by atoms with van der Waals surface area (Å²) in [5, 5.41) is 0. The number of carbonyl (C=O) groups excluding carboxylic acids is 1. The summed E-state index contributed by atoms with van der Waals surface area (Å²) in [5.74, 6) is 0.0645. The second-order valence-electron chi connectivity index (χ2n) is 5.20. The molecule has 0 atom stereocenters. The van der Waals surface area contributed by atoms with Gasteiger partial charge in [0.05, 0.1) is 45.6 Å². The third kappa shape index (κ3) is 7.54. The van der Waals surface area contributed by atoms with Gasteiger partial charge in [-0.25, -0.2) is 0 Å². The van der Waals surface area contributed by atoms with E-state index in [-0.39, 0.29) is 11.9 Å². The SMILES string of the molecule is O=C(OCCOCCOCCOCc1ccccc1)C1CC1. The van der Waals surface area contributed by atoms with Gasteiger partial charge in [0.2, 0.25) is 0 Å². The lowest BCUT2D eigenvalue weighted by atomic mass is 10.2. The molecule has 0 aromatic heterocycles. The second kappa shape index (κ2) is 10.3. The number of hydrogen-bond donors (Lipinski definition) is 0. The predicted molar refractivity (Wildman–Crippen MR) is 81.4 cm³/mol. The van der Waals surface area contributed by atoms with Crippen LogP contribution in [0.25, 0.3) is 0 Å². The smallest absolute Gasteiger partial charge is 0.309 e. The predicted octanol–water partition coefficient (Wildman–Crippen LogP) is 2.19. The summed E-state index contributed by atoms with van der Waals surface area (Å²) in [6, 6.07) is 10.0. The van der Waals surface area contributed by atoms with E-state index in [1.807, 2.05) is 30.3 Å². The summed E-state index contributed by atoms with van der Waals surface area (Å²) in [4.78, 5) is 11.2. The van der Waals surface area contributed by atoms with Crippen molar-refractivity contribution in [3.63, 3.8) is 0 Å². The highest BCUT2D eigenvalue weighted by atomic mass is 16.6. The van der Waals surface area contributed by atoms with Crippen molar-refractivity contribution in [3.8, 4) is 0 Å². The van der Waals surface area contributed by atoms with E-state index in [1.165, 1.54) is 0 Å². The fourth-order valence-corrected chi connectivity index (χ4v) is 1.84. The number of hydrogen-bond acceptors (Lipinski definition) is 5. The summed E-state index contributed by atoms with van der Waals surface area (Å²) in [6.07, 6.45) is 1.94. The van der Waals surface area contributed by atoms with Crippen molar-refractivity contribution >= 4 is 5.97 Å². The largest absolute Gasteiger partial charge is 0.463 e. The molecule has 1 fully saturated rings. The van der Waals surface area contributed by atoms with E-state index in [4.69, 9.17) is 18.9 Å². The van der Waals surface area contributed by atoms with Gasteiger partial charge in [-0.3, -0.25) is 4.79 Å². The molecule has 0 unspecified atom stereocenters. The Hall–Kier alpha value is -1.43. The molecule has 0 spiro atoms. The Morgan fingerprint density at radius 1 is 0.864 bits per heavy atom. The zero-order chi connectivity index (χ0) is 15.5. The molecule has 1 aliphatic carbocycles. The molecule has 0 amide bonds. The molecule has 1 aliphatic rings. The van der Waals surface area contributed by atoms with Gasteiger partial charge in [0.1, 0.15) is 6.61 Å². The van der Waals surface area contributed by atoms with Crippen LogP contribution in [0.2, 0.25) is 0 Å². The van der Waals surface area contributed by atoms with Crippen molar-refractivity contribution in [2.24, 2.45) is 5.92 Å². The molecule has 0 saturated heterocycles. The standard InChI is InChI=1S/C17H24O5/c18-17(16-6-7-16)22-13-12-20-9-8-19-10-11-21-14-15-4-2-1-3-5-15/h1-5,16H,6-14H2. The van der Waals surface area contributed by atoms with E-state index in [0.29, 0.717) is 46.2 Å². The number of esters is 1. The molecular formula is C17H24O5. The van der Waals surface area contributed by atoms with Gasteiger partial charge in [0.25, 0.3) is 0 Å². The molecule has 2 rings (SSSR count). The van der Waals surface area contributed by atoms with Gasteiger partial charge in [-0.2, -0.15) is 0 Å².